The topological polar surface area (TPSA) is 32.8 Å². The summed E-state index contributed by atoms with van der Waals surface area (Å²) in [6, 6.07) is 0. The second-order valence-corrected chi connectivity index (χ2v) is 6.14. The zero-order valence-corrected chi connectivity index (χ0v) is 12.6. The first-order valence-corrected chi connectivity index (χ1v) is 7.31. The van der Waals surface area contributed by atoms with Gasteiger partial charge in [-0.25, -0.2) is 4.79 Å². The first-order valence-electron chi connectivity index (χ1n) is 6.18. The summed E-state index contributed by atoms with van der Waals surface area (Å²) in [7, 11) is 0. The second kappa shape index (κ2) is 6.59. The third-order valence-corrected chi connectivity index (χ3v) is 3.00. The quantitative estimate of drug-likeness (QED) is 0.734. The number of alkyl halides is 1. The largest absolute Gasteiger partial charge is 0.444 e. The molecule has 1 aliphatic heterocycles. The summed E-state index contributed by atoms with van der Waals surface area (Å²) in [6.45, 7) is 10.3. The molecule has 4 nitrogen and oxygen atoms in total. The number of nitrogens with zero attached hydrogens (tertiary/aromatic N) is 2. The molecule has 0 N–H and O–H groups in total. The molecule has 0 radical (unpaired) electrons. The van der Waals surface area contributed by atoms with E-state index < -0.39 is 5.60 Å². The van der Waals surface area contributed by atoms with Crippen LogP contribution in [-0.2, 0) is 4.74 Å². The van der Waals surface area contributed by atoms with Crippen LogP contribution in [0.2, 0.25) is 0 Å². The third-order valence-electron chi connectivity index (χ3n) is 2.64. The van der Waals surface area contributed by atoms with Gasteiger partial charge < -0.3 is 14.5 Å². The van der Waals surface area contributed by atoms with Gasteiger partial charge in [-0.2, -0.15) is 0 Å². The Morgan fingerprint density at radius 1 is 1.24 bits per heavy atom. The van der Waals surface area contributed by atoms with E-state index >= 15 is 0 Å². The van der Waals surface area contributed by atoms with E-state index in [-0.39, 0.29) is 6.09 Å². The molecule has 100 valence electrons. The summed E-state index contributed by atoms with van der Waals surface area (Å²) in [5, 5.41) is 0.986. The van der Waals surface area contributed by atoms with Gasteiger partial charge in [0.2, 0.25) is 0 Å². The Balaban J connectivity index is 2.43. The molecule has 0 saturated carbocycles. The van der Waals surface area contributed by atoms with Crippen molar-refractivity contribution in [3.63, 3.8) is 0 Å². The van der Waals surface area contributed by atoms with Crippen molar-refractivity contribution in [1.82, 2.24) is 9.80 Å². The predicted octanol–water partition coefficient (Wildman–Crippen LogP) is 2.32. The molecule has 1 fully saturated rings. The Labute approximate surface area is 112 Å². The van der Waals surface area contributed by atoms with Gasteiger partial charge in [-0.15, -0.1) is 0 Å². The lowest BCUT2D eigenvalue weighted by atomic mass is 10.2. The highest BCUT2D eigenvalue weighted by molar-refractivity contribution is 9.09. The summed E-state index contributed by atoms with van der Waals surface area (Å²) >= 11 is 3.45. The van der Waals surface area contributed by atoms with Gasteiger partial charge >= 0.3 is 6.09 Å². The van der Waals surface area contributed by atoms with Crippen molar-refractivity contribution in [2.24, 2.45) is 0 Å². The molecular formula is C12H23BrN2O2. The van der Waals surface area contributed by atoms with Crippen molar-refractivity contribution in [2.75, 3.05) is 38.1 Å². The van der Waals surface area contributed by atoms with Crippen LogP contribution in [0.4, 0.5) is 4.79 Å². The Morgan fingerprint density at radius 3 is 2.53 bits per heavy atom. The maximum Gasteiger partial charge on any atom is 0.410 e. The molecule has 1 saturated heterocycles. The molecule has 0 atom stereocenters. The van der Waals surface area contributed by atoms with E-state index in [1.54, 1.807) is 0 Å². The molecule has 0 aromatic carbocycles. The highest BCUT2D eigenvalue weighted by atomic mass is 79.9. The summed E-state index contributed by atoms with van der Waals surface area (Å²) in [4.78, 5) is 16.1. The third kappa shape index (κ3) is 5.73. The number of hydrogen-bond donors (Lipinski definition) is 0. The fraction of sp³-hybridized carbons (Fsp3) is 0.917. The molecular weight excluding hydrogens is 284 g/mol. The standard InChI is InChI=1S/C12H23BrN2O2/c1-12(2,3)17-11(16)15-7-4-6-14(8-5-13)9-10-15/h4-10H2,1-3H3. The van der Waals surface area contributed by atoms with E-state index in [2.05, 4.69) is 20.8 Å². The van der Waals surface area contributed by atoms with Gasteiger partial charge in [0.25, 0.3) is 0 Å². The molecule has 1 heterocycles. The number of carbonyl (C=O) groups is 1. The van der Waals surface area contributed by atoms with Gasteiger partial charge in [-0.3, -0.25) is 0 Å². The fourth-order valence-corrected chi connectivity index (χ4v) is 2.32. The summed E-state index contributed by atoms with van der Waals surface area (Å²) < 4.78 is 5.39. The van der Waals surface area contributed by atoms with Gasteiger partial charge in [0.15, 0.2) is 0 Å². The lowest BCUT2D eigenvalue weighted by Gasteiger charge is -2.26. The molecule has 1 amide bonds. The summed E-state index contributed by atoms with van der Waals surface area (Å²) in [5.41, 5.74) is -0.404. The minimum atomic E-state index is -0.404. The van der Waals surface area contributed by atoms with Crippen molar-refractivity contribution < 1.29 is 9.53 Å². The molecule has 0 bridgehead atoms. The van der Waals surface area contributed by atoms with Crippen molar-refractivity contribution >= 4 is 22.0 Å². The van der Waals surface area contributed by atoms with Crippen molar-refractivity contribution in [1.29, 1.82) is 0 Å². The zero-order chi connectivity index (χ0) is 12.9. The number of carbonyl (C=O) groups excluding carboxylic acids is 1. The van der Waals surface area contributed by atoms with Crippen LogP contribution in [0.3, 0.4) is 0 Å². The van der Waals surface area contributed by atoms with E-state index in [9.17, 15) is 4.79 Å². The first-order chi connectivity index (χ1) is 7.92. The predicted molar refractivity (Wildman–Crippen MR) is 72.7 cm³/mol. The van der Waals surface area contributed by atoms with Gasteiger partial charge in [0, 0.05) is 31.5 Å². The lowest BCUT2D eigenvalue weighted by molar-refractivity contribution is 0.0258. The zero-order valence-electron chi connectivity index (χ0n) is 11.0. The van der Waals surface area contributed by atoms with Gasteiger partial charge in [0.05, 0.1) is 0 Å². The van der Waals surface area contributed by atoms with Gasteiger partial charge in [0.1, 0.15) is 5.60 Å². The van der Waals surface area contributed by atoms with Crippen LogP contribution < -0.4 is 0 Å². The Bertz CT molecular complexity index is 253. The van der Waals surface area contributed by atoms with Crippen LogP contribution >= 0.6 is 15.9 Å². The number of amides is 1. The Kier molecular flexibility index (Phi) is 5.73. The number of halogens is 1. The monoisotopic (exact) mass is 306 g/mol. The molecule has 0 spiro atoms. The van der Waals surface area contributed by atoms with E-state index in [0.29, 0.717) is 0 Å². The Morgan fingerprint density at radius 2 is 1.94 bits per heavy atom. The van der Waals surface area contributed by atoms with Crippen LogP contribution in [-0.4, -0.2) is 59.5 Å². The molecule has 1 aliphatic rings. The van der Waals surface area contributed by atoms with Gasteiger partial charge in [-0.05, 0) is 33.7 Å². The van der Waals surface area contributed by atoms with E-state index in [1.807, 2.05) is 25.7 Å². The molecule has 5 heteroatoms. The smallest absolute Gasteiger partial charge is 0.410 e. The van der Waals surface area contributed by atoms with E-state index in [4.69, 9.17) is 4.74 Å². The second-order valence-electron chi connectivity index (χ2n) is 5.35. The normalized spacial score (nSPS) is 18.9. The molecule has 17 heavy (non-hydrogen) atoms. The van der Waals surface area contributed by atoms with Gasteiger partial charge in [-0.1, -0.05) is 15.9 Å². The SMILES string of the molecule is CC(C)(C)OC(=O)N1CCCN(CCBr)CC1. The van der Waals surface area contributed by atoms with Crippen LogP contribution in [0.15, 0.2) is 0 Å². The fourth-order valence-electron chi connectivity index (χ4n) is 1.82. The van der Waals surface area contributed by atoms with Crippen molar-refractivity contribution in [3.05, 3.63) is 0 Å². The lowest BCUT2D eigenvalue weighted by Crippen LogP contribution is -2.39. The average Bonchev–Trinajstić information content (AvgIpc) is 2.41. The Hall–Kier alpha value is -0.290. The minimum Gasteiger partial charge on any atom is -0.444 e. The maximum atomic E-state index is 11.9. The number of hydrogen-bond acceptors (Lipinski definition) is 3. The molecule has 0 aromatic heterocycles. The first kappa shape index (κ1) is 14.8. The maximum absolute atomic E-state index is 11.9. The van der Waals surface area contributed by atoms with Crippen molar-refractivity contribution in [3.8, 4) is 0 Å². The van der Waals surface area contributed by atoms with Crippen LogP contribution in [0.5, 0.6) is 0 Å². The molecule has 0 aliphatic carbocycles. The molecule has 1 rings (SSSR count). The average molecular weight is 307 g/mol. The van der Waals surface area contributed by atoms with E-state index in [1.165, 1.54) is 0 Å². The minimum absolute atomic E-state index is 0.182. The van der Waals surface area contributed by atoms with Crippen molar-refractivity contribution in [2.45, 2.75) is 32.8 Å². The van der Waals surface area contributed by atoms with E-state index in [0.717, 1.165) is 44.5 Å². The highest BCUT2D eigenvalue weighted by Gasteiger charge is 2.24. The number of ether oxygens (including phenoxy) is 1. The highest BCUT2D eigenvalue weighted by Crippen LogP contribution is 2.12. The molecule has 0 unspecified atom stereocenters. The van der Waals surface area contributed by atoms with Crippen LogP contribution in [0.1, 0.15) is 27.2 Å². The molecule has 0 aromatic rings. The summed E-state index contributed by atoms with van der Waals surface area (Å²) in [6.07, 6.45) is 0.838. The van der Waals surface area contributed by atoms with Crippen LogP contribution in [0.25, 0.3) is 0 Å². The number of rotatable bonds is 2. The summed E-state index contributed by atoms with van der Waals surface area (Å²) in [5.74, 6) is 0. The van der Waals surface area contributed by atoms with Crippen LogP contribution in [0, 0.1) is 0 Å².